The van der Waals surface area contributed by atoms with Crippen LogP contribution in [0.25, 0.3) is 5.82 Å². The highest BCUT2D eigenvalue weighted by molar-refractivity contribution is 14.0. The van der Waals surface area contributed by atoms with Crippen molar-refractivity contribution in [3.63, 3.8) is 0 Å². The van der Waals surface area contributed by atoms with Gasteiger partial charge in [-0.1, -0.05) is 30.3 Å². The van der Waals surface area contributed by atoms with Crippen LogP contribution in [-0.2, 0) is 13.1 Å². The Kier molecular flexibility index (Phi) is 8.84. The lowest BCUT2D eigenvalue weighted by Gasteiger charge is -2.25. The maximum absolute atomic E-state index is 4.39. The number of likely N-dealkylation sites (tertiary alicyclic amines) is 1. The SMILES string of the molecule is CN=C(NCc1ccnc(-n2cccn2)c1)NCC1CCCN1Cc1ccccc1.I. The molecule has 0 bridgehead atoms. The van der Waals surface area contributed by atoms with E-state index in [0.717, 1.165) is 37.0 Å². The summed E-state index contributed by atoms with van der Waals surface area (Å²) in [6.07, 6.45) is 7.92. The van der Waals surface area contributed by atoms with Crippen molar-refractivity contribution in [1.82, 2.24) is 30.3 Å². The Labute approximate surface area is 201 Å². The minimum absolute atomic E-state index is 0. The third-order valence-electron chi connectivity index (χ3n) is 5.47. The van der Waals surface area contributed by atoms with Gasteiger partial charge in [0.15, 0.2) is 11.8 Å². The lowest BCUT2D eigenvalue weighted by molar-refractivity contribution is 0.245. The second-order valence-corrected chi connectivity index (χ2v) is 7.53. The molecular weight excluding hydrogens is 501 g/mol. The summed E-state index contributed by atoms with van der Waals surface area (Å²) in [5.41, 5.74) is 2.50. The Balaban J connectivity index is 0.00000272. The second kappa shape index (κ2) is 11.8. The zero-order valence-corrected chi connectivity index (χ0v) is 20.1. The summed E-state index contributed by atoms with van der Waals surface area (Å²) in [6, 6.07) is 17.2. The standard InChI is InChI=1S/C23H29N7.HI/c1-24-23(26-16-20-10-12-25-22(15-20)30-14-6-11-28-30)27-17-21-9-5-13-29(21)18-19-7-3-2-4-8-19;/h2-4,6-8,10-12,14-15,21H,5,9,13,16-18H2,1H3,(H2,24,26,27);1H. The van der Waals surface area contributed by atoms with Gasteiger partial charge in [0.05, 0.1) is 0 Å². The molecule has 1 unspecified atom stereocenters. The van der Waals surface area contributed by atoms with Crippen molar-refractivity contribution >= 4 is 29.9 Å². The molecule has 3 heterocycles. The number of hydrogen-bond acceptors (Lipinski definition) is 4. The van der Waals surface area contributed by atoms with E-state index in [1.165, 1.54) is 18.4 Å². The molecule has 1 aromatic carbocycles. The number of halogens is 1. The smallest absolute Gasteiger partial charge is 0.191 e. The highest BCUT2D eigenvalue weighted by atomic mass is 127. The van der Waals surface area contributed by atoms with Gasteiger partial charge in [-0.05, 0) is 48.7 Å². The quantitative estimate of drug-likeness (QED) is 0.279. The molecule has 1 aliphatic rings. The number of nitrogens with one attached hydrogen (secondary N) is 2. The highest BCUT2D eigenvalue weighted by Crippen LogP contribution is 2.19. The van der Waals surface area contributed by atoms with Crippen molar-refractivity contribution in [3.05, 3.63) is 78.2 Å². The molecule has 0 aliphatic carbocycles. The highest BCUT2D eigenvalue weighted by Gasteiger charge is 2.24. The summed E-state index contributed by atoms with van der Waals surface area (Å²) in [4.78, 5) is 11.3. The lowest BCUT2D eigenvalue weighted by atomic mass is 10.2. The minimum Gasteiger partial charge on any atom is -0.355 e. The molecule has 164 valence electrons. The number of pyridine rings is 1. The van der Waals surface area contributed by atoms with E-state index in [1.54, 1.807) is 10.9 Å². The second-order valence-electron chi connectivity index (χ2n) is 7.53. The van der Waals surface area contributed by atoms with Gasteiger partial charge in [-0.2, -0.15) is 5.10 Å². The van der Waals surface area contributed by atoms with E-state index in [2.05, 4.69) is 60.9 Å². The number of guanidine groups is 1. The Morgan fingerprint density at radius 3 is 2.74 bits per heavy atom. The normalized spacial score (nSPS) is 16.7. The summed E-state index contributed by atoms with van der Waals surface area (Å²) in [6.45, 7) is 3.73. The van der Waals surface area contributed by atoms with Crippen LogP contribution in [0.2, 0.25) is 0 Å². The van der Waals surface area contributed by atoms with Crippen molar-refractivity contribution in [2.45, 2.75) is 32.0 Å². The topological polar surface area (TPSA) is 70.4 Å². The average molecular weight is 531 g/mol. The zero-order valence-electron chi connectivity index (χ0n) is 17.8. The number of rotatable bonds is 7. The first-order valence-corrected chi connectivity index (χ1v) is 10.5. The fraction of sp³-hybridized carbons (Fsp3) is 0.348. The molecule has 4 rings (SSSR count). The van der Waals surface area contributed by atoms with Crippen molar-refractivity contribution < 1.29 is 0 Å². The molecule has 1 saturated heterocycles. The Morgan fingerprint density at radius 1 is 1.10 bits per heavy atom. The van der Waals surface area contributed by atoms with Crippen LogP contribution >= 0.6 is 24.0 Å². The van der Waals surface area contributed by atoms with Gasteiger partial charge in [0.1, 0.15) is 0 Å². The molecule has 0 saturated carbocycles. The molecular formula is C23H30IN7. The van der Waals surface area contributed by atoms with Crippen LogP contribution < -0.4 is 10.6 Å². The zero-order chi connectivity index (χ0) is 20.6. The Hall–Kier alpha value is -2.46. The van der Waals surface area contributed by atoms with Gasteiger partial charge < -0.3 is 10.6 Å². The largest absolute Gasteiger partial charge is 0.355 e. The van der Waals surface area contributed by atoms with Crippen molar-refractivity contribution in [1.29, 1.82) is 0 Å². The van der Waals surface area contributed by atoms with E-state index >= 15 is 0 Å². The summed E-state index contributed by atoms with van der Waals surface area (Å²) < 4.78 is 1.76. The summed E-state index contributed by atoms with van der Waals surface area (Å²) in [7, 11) is 1.81. The first-order valence-electron chi connectivity index (χ1n) is 10.5. The van der Waals surface area contributed by atoms with Gasteiger partial charge in [-0.25, -0.2) is 9.67 Å². The van der Waals surface area contributed by atoms with E-state index in [1.807, 2.05) is 37.6 Å². The van der Waals surface area contributed by atoms with E-state index < -0.39 is 0 Å². The fourth-order valence-corrected chi connectivity index (χ4v) is 3.87. The van der Waals surface area contributed by atoms with E-state index in [9.17, 15) is 0 Å². The van der Waals surface area contributed by atoms with Crippen molar-refractivity contribution in [2.75, 3.05) is 20.1 Å². The van der Waals surface area contributed by atoms with Gasteiger partial charge in [-0.15, -0.1) is 24.0 Å². The molecule has 2 aromatic heterocycles. The van der Waals surface area contributed by atoms with Crippen molar-refractivity contribution in [3.8, 4) is 5.82 Å². The molecule has 0 amide bonds. The monoisotopic (exact) mass is 531 g/mol. The Morgan fingerprint density at radius 2 is 1.97 bits per heavy atom. The van der Waals surface area contributed by atoms with E-state index in [-0.39, 0.29) is 24.0 Å². The molecule has 1 aliphatic heterocycles. The van der Waals surface area contributed by atoms with Crippen LogP contribution in [0.4, 0.5) is 0 Å². The number of benzene rings is 1. The van der Waals surface area contributed by atoms with E-state index in [0.29, 0.717) is 12.6 Å². The van der Waals surface area contributed by atoms with Crippen LogP contribution in [-0.4, -0.2) is 51.8 Å². The van der Waals surface area contributed by atoms with Crippen LogP contribution in [0.1, 0.15) is 24.0 Å². The predicted molar refractivity (Wildman–Crippen MR) is 135 cm³/mol. The molecule has 0 spiro atoms. The maximum atomic E-state index is 4.39. The number of hydrogen-bond donors (Lipinski definition) is 2. The van der Waals surface area contributed by atoms with Crippen LogP contribution in [0.3, 0.4) is 0 Å². The third-order valence-corrected chi connectivity index (χ3v) is 5.47. The molecule has 1 fully saturated rings. The molecule has 7 nitrogen and oxygen atoms in total. The lowest BCUT2D eigenvalue weighted by Crippen LogP contribution is -2.44. The average Bonchev–Trinajstić information content (AvgIpc) is 3.47. The van der Waals surface area contributed by atoms with Gasteiger partial charge >= 0.3 is 0 Å². The number of aromatic nitrogens is 3. The predicted octanol–water partition coefficient (Wildman–Crippen LogP) is 3.21. The molecule has 1 atom stereocenters. The summed E-state index contributed by atoms with van der Waals surface area (Å²) in [5, 5.41) is 11.2. The van der Waals surface area contributed by atoms with Gasteiger partial charge in [0.2, 0.25) is 0 Å². The minimum atomic E-state index is 0. The Bertz CT molecular complexity index is 944. The number of nitrogens with zero attached hydrogens (tertiary/aromatic N) is 5. The van der Waals surface area contributed by atoms with Gasteiger partial charge in [0, 0.05) is 51.3 Å². The van der Waals surface area contributed by atoms with Crippen LogP contribution in [0.5, 0.6) is 0 Å². The first-order chi connectivity index (χ1) is 14.8. The molecule has 2 N–H and O–H groups in total. The summed E-state index contributed by atoms with van der Waals surface area (Å²) in [5.74, 6) is 1.63. The number of aliphatic imine (C=N–C) groups is 1. The first kappa shape index (κ1) is 23.2. The maximum Gasteiger partial charge on any atom is 0.191 e. The molecule has 3 aromatic rings. The molecule has 8 heteroatoms. The molecule has 0 radical (unpaired) electrons. The van der Waals surface area contributed by atoms with Gasteiger partial charge in [-0.3, -0.25) is 9.89 Å². The fourth-order valence-electron chi connectivity index (χ4n) is 3.87. The summed E-state index contributed by atoms with van der Waals surface area (Å²) >= 11 is 0. The third kappa shape index (κ3) is 6.51. The van der Waals surface area contributed by atoms with E-state index in [4.69, 9.17) is 0 Å². The van der Waals surface area contributed by atoms with Crippen LogP contribution in [0.15, 0.2) is 72.1 Å². The molecule has 31 heavy (non-hydrogen) atoms. The van der Waals surface area contributed by atoms with Crippen LogP contribution in [0, 0.1) is 0 Å². The van der Waals surface area contributed by atoms with Gasteiger partial charge in [0.25, 0.3) is 0 Å². The van der Waals surface area contributed by atoms with Crippen molar-refractivity contribution in [2.24, 2.45) is 4.99 Å².